The number of benzene rings is 2. The fraction of sp³-hybridized carbons (Fsp3) is 0.0556. The number of hydrogen-bond donors (Lipinski definition) is 0. The highest BCUT2D eigenvalue weighted by atomic mass is 35.5. The summed E-state index contributed by atoms with van der Waals surface area (Å²) in [6.07, 6.45) is 1.54. The van der Waals surface area contributed by atoms with E-state index >= 15 is 0 Å². The van der Waals surface area contributed by atoms with Crippen molar-refractivity contribution in [2.45, 2.75) is 6.61 Å². The number of rotatable bonds is 4. The normalized spacial score (nSPS) is 10.9. The van der Waals surface area contributed by atoms with E-state index in [1.165, 1.54) is 6.20 Å². The number of halogens is 1. The molecule has 2 heterocycles. The van der Waals surface area contributed by atoms with Gasteiger partial charge in [-0.1, -0.05) is 30.3 Å². The molecule has 0 bridgehead atoms. The lowest BCUT2D eigenvalue weighted by Crippen LogP contribution is -1.94. The second-order valence-electron chi connectivity index (χ2n) is 5.15. The Labute approximate surface area is 142 Å². The van der Waals surface area contributed by atoms with Gasteiger partial charge in [0, 0.05) is 5.56 Å². The number of nitrogens with zero attached hydrogens (tertiary/aromatic N) is 3. The van der Waals surface area contributed by atoms with Gasteiger partial charge in [0.1, 0.15) is 17.9 Å². The summed E-state index contributed by atoms with van der Waals surface area (Å²) in [6, 6.07) is 17.6. The first-order valence-corrected chi connectivity index (χ1v) is 7.72. The van der Waals surface area contributed by atoms with Crippen molar-refractivity contribution < 1.29 is 9.15 Å². The maximum absolute atomic E-state index is 5.77. The average Bonchev–Trinajstić information content (AvgIpc) is 3.04. The summed E-state index contributed by atoms with van der Waals surface area (Å²) in [5.41, 5.74) is 2.89. The van der Waals surface area contributed by atoms with E-state index < -0.39 is 0 Å². The molecule has 2 aromatic carbocycles. The predicted octanol–water partition coefficient (Wildman–Crippen LogP) is 4.52. The van der Waals surface area contributed by atoms with Crippen molar-refractivity contribution in [1.82, 2.24) is 15.0 Å². The summed E-state index contributed by atoms with van der Waals surface area (Å²) in [6.45, 7) is 0.525. The zero-order chi connectivity index (χ0) is 16.4. The molecule has 0 atom stereocenters. The first-order chi connectivity index (χ1) is 11.8. The van der Waals surface area contributed by atoms with Crippen LogP contribution in [0, 0.1) is 0 Å². The van der Waals surface area contributed by atoms with Gasteiger partial charge in [-0.2, -0.15) is 4.98 Å². The van der Waals surface area contributed by atoms with E-state index in [0.717, 1.165) is 16.9 Å². The van der Waals surface area contributed by atoms with Crippen molar-refractivity contribution in [2.24, 2.45) is 0 Å². The van der Waals surface area contributed by atoms with Crippen LogP contribution in [0.2, 0.25) is 5.28 Å². The van der Waals surface area contributed by atoms with Gasteiger partial charge in [-0.25, -0.2) is 9.97 Å². The highest BCUT2D eigenvalue weighted by Gasteiger charge is 2.10. The Balaban J connectivity index is 1.52. The van der Waals surface area contributed by atoms with Crippen LogP contribution in [0.1, 0.15) is 5.56 Å². The van der Waals surface area contributed by atoms with E-state index in [1.807, 2.05) is 54.6 Å². The Morgan fingerprint density at radius 3 is 2.54 bits per heavy atom. The van der Waals surface area contributed by atoms with E-state index in [2.05, 4.69) is 15.0 Å². The summed E-state index contributed by atoms with van der Waals surface area (Å²) in [5.74, 6) is 1.25. The van der Waals surface area contributed by atoms with Crippen molar-refractivity contribution in [3.05, 3.63) is 71.6 Å². The molecule has 0 fully saturated rings. The number of fused-ring (bicyclic) bond motifs is 1. The van der Waals surface area contributed by atoms with Gasteiger partial charge in [-0.3, -0.25) is 0 Å². The molecule has 4 rings (SSSR count). The van der Waals surface area contributed by atoms with Gasteiger partial charge < -0.3 is 9.15 Å². The first-order valence-electron chi connectivity index (χ1n) is 7.34. The maximum Gasteiger partial charge on any atom is 0.251 e. The van der Waals surface area contributed by atoms with Crippen LogP contribution in [-0.4, -0.2) is 15.0 Å². The maximum atomic E-state index is 5.77. The van der Waals surface area contributed by atoms with Crippen molar-refractivity contribution in [1.29, 1.82) is 0 Å². The molecule has 4 aromatic rings. The molecule has 0 radical (unpaired) electrons. The first kappa shape index (κ1) is 14.7. The van der Waals surface area contributed by atoms with E-state index in [9.17, 15) is 0 Å². The third-order valence-electron chi connectivity index (χ3n) is 3.47. The molecule has 0 aliphatic rings. The van der Waals surface area contributed by atoms with Gasteiger partial charge in [-0.05, 0) is 41.4 Å². The summed E-state index contributed by atoms with van der Waals surface area (Å²) in [5, 5.41) is 0.134. The number of hydrogen-bond acceptors (Lipinski definition) is 5. The molecule has 0 spiro atoms. The highest BCUT2D eigenvalue weighted by molar-refractivity contribution is 6.28. The third-order valence-corrected chi connectivity index (χ3v) is 3.65. The van der Waals surface area contributed by atoms with Crippen LogP contribution in [-0.2, 0) is 6.61 Å². The molecule has 0 N–H and O–H groups in total. The van der Waals surface area contributed by atoms with E-state index in [-0.39, 0.29) is 5.28 Å². The third kappa shape index (κ3) is 3.07. The van der Waals surface area contributed by atoms with Crippen LogP contribution in [0.25, 0.3) is 22.7 Å². The fourth-order valence-corrected chi connectivity index (χ4v) is 2.40. The predicted molar refractivity (Wildman–Crippen MR) is 90.8 cm³/mol. The molecule has 118 valence electrons. The molecule has 0 aliphatic carbocycles. The topological polar surface area (TPSA) is 61.0 Å². The van der Waals surface area contributed by atoms with Crippen LogP contribution in [0.3, 0.4) is 0 Å². The minimum Gasteiger partial charge on any atom is -0.489 e. The SMILES string of the molecule is Clc1ncc2nc(-c3ccc(OCc4ccccc4)cc3)oc2n1. The molecule has 2 aromatic heterocycles. The molecular formula is C18H12ClN3O2. The van der Waals surface area contributed by atoms with Gasteiger partial charge in [0.2, 0.25) is 11.2 Å². The molecule has 0 amide bonds. The minimum atomic E-state index is 0.134. The lowest BCUT2D eigenvalue weighted by atomic mass is 10.2. The molecule has 0 unspecified atom stereocenters. The highest BCUT2D eigenvalue weighted by Crippen LogP contribution is 2.25. The van der Waals surface area contributed by atoms with Gasteiger partial charge in [0.05, 0.1) is 6.20 Å². The second kappa shape index (κ2) is 6.29. The Bertz CT molecular complexity index is 969. The number of aromatic nitrogens is 3. The number of ether oxygens (including phenoxy) is 1. The minimum absolute atomic E-state index is 0.134. The Kier molecular flexibility index (Phi) is 3.84. The van der Waals surface area contributed by atoms with Crippen LogP contribution in [0.4, 0.5) is 0 Å². The summed E-state index contributed by atoms with van der Waals surface area (Å²) >= 11 is 5.75. The van der Waals surface area contributed by atoms with Gasteiger partial charge in [0.25, 0.3) is 5.71 Å². The molecule has 24 heavy (non-hydrogen) atoms. The van der Waals surface area contributed by atoms with Crippen molar-refractivity contribution in [3.8, 4) is 17.2 Å². The molecule has 6 heteroatoms. The van der Waals surface area contributed by atoms with Crippen molar-refractivity contribution in [3.63, 3.8) is 0 Å². The zero-order valence-corrected chi connectivity index (χ0v) is 13.3. The van der Waals surface area contributed by atoms with Crippen molar-refractivity contribution in [2.75, 3.05) is 0 Å². The quantitative estimate of drug-likeness (QED) is 0.512. The van der Waals surface area contributed by atoms with Crippen LogP contribution < -0.4 is 4.74 Å². The monoisotopic (exact) mass is 337 g/mol. The largest absolute Gasteiger partial charge is 0.489 e. The standard InChI is InChI=1S/C18H12ClN3O2/c19-18-20-10-15-17(22-18)24-16(21-15)13-6-8-14(9-7-13)23-11-12-4-2-1-3-5-12/h1-10H,11H2. The molecular weight excluding hydrogens is 326 g/mol. The molecule has 5 nitrogen and oxygen atoms in total. The van der Waals surface area contributed by atoms with E-state index in [4.69, 9.17) is 20.8 Å². The van der Waals surface area contributed by atoms with E-state index in [1.54, 1.807) is 0 Å². The summed E-state index contributed by atoms with van der Waals surface area (Å²) in [7, 11) is 0. The Morgan fingerprint density at radius 1 is 0.958 bits per heavy atom. The smallest absolute Gasteiger partial charge is 0.251 e. The average molecular weight is 338 g/mol. The van der Waals surface area contributed by atoms with E-state index in [0.29, 0.717) is 23.7 Å². The van der Waals surface area contributed by atoms with Gasteiger partial charge in [0.15, 0.2) is 0 Å². The van der Waals surface area contributed by atoms with Gasteiger partial charge >= 0.3 is 0 Å². The molecule has 0 saturated carbocycles. The van der Waals surface area contributed by atoms with Crippen LogP contribution >= 0.6 is 11.6 Å². The lowest BCUT2D eigenvalue weighted by Gasteiger charge is -2.06. The van der Waals surface area contributed by atoms with Crippen LogP contribution in [0.15, 0.2) is 65.2 Å². The second-order valence-corrected chi connectivity index (χ2v) is 5.49. The summed E-state index contributed by atoms with van der Waals surface area (Å²) in [4.78, 5) is 12.3. The lowest BCUT2D eigenvalue weighted by molar-refractivity contribution is 0.306. The molecule has 0 aliphatic heterocycles. The van der Waals surface area contributed by atoms with Gasteiger partial charge in [-0.15, -0.1) is 0 Å². The Hall–Kier alpha value is -2.92. The molecule has 0 saturated heterocycles. The Morgan fingerprint density at radius 2 is 1.75 bits per heavy atom. The summed E-state index contributed by atoms with van der Waals surface area (Å²) < 4.78 is 11.4. The zero-order valence-electron chi connectivity index (χ0n) is 12.5. The fourth-order valence-electron chi connectivity index (χ4n) is 2.27. The van der Waals surface area contributed by atoms with Crippen molar-refractivity contribution >= 4 is 22.8 Å². The number of oxazole rings is 1. The van der Waals surface area contributed by atoms with Crippen LogP contribution in [0.5, 0.6) is 5.75 Å².